The molecule has 3 aromatic carbocycles. The lowest BCUT2D eigenvalue weighted by atomic mass is 9.90. The molecule has 0 saturated carbocycles. The molecule has 1 atom stereocenters. The number of ether oxygens (including phenoxy) is 1. The minimum absolute atomic E-state index is 0.0159. The largest absolute Gasteiger partial charge is 0.367 e. The zero-order valence-electron chi connectivity index (χ0n) is 18.1. The minimum atomic E-state index is -1.21. The molecule has 1 heterocycles. The van der Waals surface area contributed by atoms with Gasteiger partial charge in [-0.3, -0.25) is 9.59 Å². The molecule has 0 aromatic heterocycles. The fraction of sp³-hybridized carbons (Fsp3) is 0.259. The van der Waals surface area contributed by atoms with Gasteiger partial charge in [-0.25, -0.2) is 0 Å². The summed E-state index contributed by atoms with van der Waals surface area (Å²) in [4.78, 5) is 27.0. The third kappa shape index (κ3) is 5.06. The number of nitrogens with two attached hydrogens (primary N) is 1. The summed E-state index contributed by atoms with van der Waals surface area (Å²) in [5, 5.41) is 0. The Morgan fingerprint density at radius 1 is 0.844 bits per heavy atom. The lowest BCUT2D eigenvalue weighted by molar-refractivity contribution is -0.163. The van der Waals surface area contributed by atoms with Gasteiger partial charge >= 0.3 is 0 Å². The number of rotatable bonds is 7. The summed E-state index contributed by atoms with van der Waals surface area (Å²) in [7, 11) is 0. The number of morpholine rings is 1. The highest BCUT2D eigenvalue weighted by Crippen LogP contribution is 2.26. The van der Waals surface area contributed by atoms with Crippen LogP contribution in [0.3, 0.4) is 0 Å². The first-order chi connectivity index (χ1) is 15.6. The SMILES string of the molecule is NC(=O)[C@@]1(Cc2ccc(-c3ccccc3)cc2)CN(C(=O)CCc2ccccc2)CCO1. The number of benzene rings is 3. The summed E-state index contributed by atoms with van der Waals surface area (Å²) in [6.45, 7) is 0.939. The number of hydrogen-bond donors (Lipinski definition) is 1. The van der Waals surface area contributed by atoms with E-state index < -0.39 is 11.5 Å². The Bertz CT molecular complexity index is 1050. The molecule has 164 valence electrons. The van der Waals surface area contributed by atoms with Crippen LogP contribution in [0.15, 0.2) is 84.9 Å². The minimum Gasteiger partial charge on any atom is -0.367 e. The molecular formula is C27H28N2O3. The summed E-state index contributed by atoms with van der Waals surface area (Å²) in [5.41, 5.74) is 8.88. The molecule has 5 heteroatoms. The Morgan fingerprint density at radius 2 is 1.47 bits per heavy atom. The van der Waals surface area contributed by atoms with E-state index in [9.17, 15) is 9.59 Å². The Labute approximate surface area is 188 Å². The molecule has 1 aliphatic heterocycles. The normalized spacial score (nSPS) is 18.3. The van der Waals surface area contributed by atoms with E-state index in [1.165, 1.54) is 0 Å². The molecule has 32 heavy (non-hydrogen) atoms. The van der Waals surface area contributed by atoms with E-state index in [4.69, 9.17) is 10.5 Å². The fourth-order valence-corrected chi connectivity index (χ4v) is 4.17. The van der Waals surface area contributed by atoms with Gasteiger partial charge in [0.25, 0.3) is 5.91 Å². The van der Waals surface area contributed by atoms with Crippen molar-refractivity contribution < 1.29 is 14.3 Å². The van der Waals surface area contributed by atoms with Crippen LogP contribution >= 0.6 is 0 Å². The van der Waals surface area contributed by atoms with Crippen LogP contribution < -0.4 is 5.73 Å². The van der Waals surface area contributed by atoms with Crippen LogP contribution in [-0.2, 0) is 27.2 Å². The van der Waals surface area contributed by atoms with Gasteiger partial charge in [0.1, 0.15) is 0 Å². The molecule has 5 nitrogen and oxygen atoms in total. The number of primary amides is 1. The summed E-state index contributed by atoms with van der Waals surface area (Å²) in [5.74, 6) is -0.521. The monoisotopic (exact) mass is 428 g/mol. The van der Waals surface area contributed by atoms with Gasteiger partial charge in [-0.2, -0.15) is 0 Å². The van der Waals surface area contributed by atoms with Crippen molar-refractivity contribution in [1.29, 1.82) is 0 Å². The van der Waals surface area contributed by atoms with Crippen molar-refractivity contribution in [3.63, 3.8) is 0 Å². The Balaban J connectivity index is 1.44. The molecule has 1 saturated heterocycles. The number of aryl methyl sites for hydroxylation is 1. The molecule has 1 aliphatic rings. The highest BCUT2D eigenvalue weighted by molar-refractivity contribution is 5.86. The van der Waals surface area contributed by atoms with Crippen molar-refractivity contribution in [1.82, 2.24) is 4.90 Å². The van der Waals surface area contributed by atoms with Crippen molar-refractivity contribution in [2.75, 3.05) is 19.7 Å². The maximum atomic E-state index is 12.9. The predicted octanol–water partition coefficient (Wildman–Crippen LogP) is 3.61. The van der Waals surface area contributed by atoms with Crippen LogP contribution in [0.2, 0.25) is 0 Å². The summed E-state index contributed by atoms with van der Waals surface area (Å²) in [6.07, 6.45) is 1.39. The van der Waals surface area contributed by atoms with Gasteiger partial charge in [0.05, 0.1) is 13.2 Å². The molecule has 0 bridgehead atoms. The molecule has 2 amide bonds. The van der Waals surface area contributed by atoms with Crippen molar-refractivity contribution in [3.05, 3.63) is 96.1 Å². The molecule has 0 radical (unpaired) electrons. The first-order valence-corrected chi connectivity index (χ1v) is 11.0. The summed E-state index contributed by atoms with van der Waals surface area (Å²) in [6, 6.07) is 28.1. The molecular weight excluding hydrogens is 400 g/mol. The molecule has 2 N–H and O–H groups in total. The van der Waals surface area contributed by atoms with E-state index in [0.717, 1.165) is 22.3 Å². The van der Waals surface area contributed by atoms with Gasteiger partial charge in [-0.15, -0.1) is 0 Å². The second-order valence-corrected chi connectivity index (χ2v) is 8.25. The number of nitrogens with zero attached hydrogens (tertiary/aromatic N) is 1. The van der Waals surface area contributed by atoms with Crippen LogP contribution in [0.5, 0.6) is 0 Å². The quantitative estimate of drug-likeness (QED) is 0.625. The van der Waals surface area contributed by atoms with Crippen molar-refractivity contribution >= 4 is 11.8 Å². The van der Waals surface area contributed by atoms with Crippen LogP contribution in [0.25, 0.3) is 11.1 Å². The third-order valence-electron chi connectivity index (χ3n) is 6.01. The maximum Gasteiger partial charge on any atom is 0.251 e. The zero-order chi connectivity index (χ0) is 22.4. The van der Waals surface area contributed by atoms with Gasteiger partial charge < -0.3 is 15.4 Å². The first kappa shape index (κ1) is 21.8. The maximum absolute atomic E-state index is 12.9. The van der Waals surface area contributed by atoms with Gasteiger partial charge in [0.2, 0.25) is 5.91 Å². The van der Waals surface area contributed by atoms with Crippen LogP contribution in [-0.4, -0.2) is 42.0 Å². The number of hydrogen-bond acceptors (Lipinski definition) is 3. The second kappa shape index (κ2) is 9.79. The van der Waals surface area contributed by atoms with Crippen molar-refractivity contribution in [2.24, 2.45) is 5.73 Å². The molecule has 4 rings (SSSR count). The van der Waals surface area contributed by atoms with Gasteiger partial charge in [0.15, 0.2) is 5.60 Å². The van der Waals surface area contributed by atoms with Crippen LogP contribution in [0.1, 0.15) is 17.5 Å². The van der Waals surface area contributed by atoms with E-state index in [-0.39, 0.29) is 12.5 Å². The zero-order valence-corrected chi connectivity index (χ0v) is 18.1. The summed E-state index contributed by atoms with van der Waals surface area (Å²) < 4.78 is 5.92. The molecule has 0 unspecified atom stereocenters. The van der Waals surface area contributed by atoms with Crippen LogP contribution in [0.4, 0.5) is 0 Å². The van der Waals surface area contributed by atoms with Gasteiger partial charge in [0, 0.05) is 19.4 Å². The predicted molar refractivity (Wildman–Crippen MR) is 125 cm³/mol. The lowest BCUT2D eigenvalue weighted by Gasteiger charge is -2.41. The topological polar surface area (TPSA) is 72.6 Å². The van der Waals surface area contributed by atoms with E-state index in [0.29, 0.717) is 32.4 Å². The first-order valence-electron chi connectivity index (χ1n) is 11.0. The number of carbonyl (C=O) groups excluding carboxylic acids is 2. The smallest absolute Gasteiger partial charge is 0.251 e. The second-order valence-electron chi connectivity index (χ2n) is 8.25. The Kier molecular flexibility index (Phi) is 6.66. The highest BCUT2D eigenvalue weighted by atomic mass is 16.5. The standard InChI is InChI=1S/C27H28N2O3/c28-26(31)27(19-22-11-14-24(15-12-22)23-9-5-2-6-10-23)20-29(17-18-32-27)25(30)16-13-21-7-3-1-4-8-21/h1-12,14-15H,13,16-20H2,(H2,28,31)/t27-/m1/s1. The molecule has 0 aliphatic carbocycles. The average molecular weight is 429 g/mol. The van der Waals surface area contributed by atoms with E-state index in [1.807, 2.05) is 72.8 Å². The van der Waals surface area contributed by atoms with E-state index >= 15 is 0 Å². The Hall–Kier alpha value is -3.44. The van der Waals surface area contributed by atoms with Crippen molar-refractivity contribution in [3.8, 4) is 11.1 Å². The third-order valence-corrected chi connectivity index (χ3v) is 6.01. The molecule has 1 fully saturated rings. The van der Waals surface area contributed by atoms with Gasteiger partial charge in [-0.1, -0.05) is 84.9 Å². The highest BCUT2D eigenvalue weighted by Gasteiger charge is 2.43. The molecule has 3 aromatic rings. The summed E-state index contributed by atoms with van der Waals surface area (Å²) >= 11 is 0. The average Bonchev–Trinajstić information content (AvgIpc) is 2.84. The fourth-order valence-electron chi connectivity index (χ4n) is 4.17. The molecule has 0 spiro atoms. The van der Waals surface area contributed by atoms with Crippen LogP contribution in [0, 0.1) is 0 Å². The van der Waals surface area contributed by atoms with E-state index in [1.54, 1.807) is 4.90 Å². The Morgan fingerprint density at radius 3 is 2.12 bits per heavy atom. The number of amides is 2. The lowest BCUT2D eigenvalue weighted by Crippen LogP contribution is -2.61. The van der Waals surface area contributed by atoms with Crippen molar-refractivity contribution in [2.45, 2.75) is 24.9 Å². The number of carbonyl (C=O) groups is 2. The van der Waals surface area contributed by atoms with Gasteiger partial charge in [-0.05, 0) is 28.7 Å². The van der Waals surface area contributed by atoms with E-state index in [2.05, 4.69) is 12.1 Å².